The summed E-state index contributed by atoms with van der Waals surface area (Å²) >= 11 is 13.8. The molecule has 0 unspecified atom stereocenters. The first-order valence-corrected chi connectivity index (χ1v) is 12.1. The maximum Gasteiger partial charge on any atom is 0.130 e. The number of hydrogen-bond acceptors (Lipinski definition) is 4. The molecule has 4 rings (SSSR count). The first-order valence-electron chi connectivity index (χ1n) is 10.6. The third kappa shape index (κ3) is 5.44. The lowest BCUT2D eigenvalue weighted by Crippen LogP contribution is -2.18. The molecule has 0 aliphatic carbocycles. The predicted octanol–water partition coefficient (Wildman–Crippen LogP) is 7.58. The summed E-state index contributed by atoms with van der Waals surface area (Å²) in [5.41, 5.74) is 4.11. The minimum absolute atomic E-state index is 0.363. The van der Waals surface area contributed by atoms with Gasteiger partial charge in [-0.05, 0) is 74.1 Å². The van der Waals surface area contributed by atoms with Crippen LogP contribution in [0.2, 0.25) is 9.36 Å². The predicted molar refractivity (Wildman–Crippen MR) is 134 cm³/mol. The molecular formula is C26H25Cl2NO2S. The van der Waals surface area contributed by atoms with E-state index in [0.29, 0.717) is 16.0 Å². The van der Waals surface area contributed by atoms with E-state index < -0.39 is 5.60 Å². The average molecular weight is 486 g/mol. The monoisotopic (exact) mass is 485 g/mol. The Kier molecular flexibility index (Phi) is 7.06. The van der Waals surface area contributed by atoms with Crippen LogP contribution in [0.15, 0.2) is 60.7 Å². The second kappa shape index (κ2) is 9.80. The van der Waals surface area contributed by atoms with Crippen LogP contribution < -0.4 is 4.74 Å². The molecule has 3 nitrogen and oxygen atoms in total. The molecule has 0 saturated carbocycles. The highest BCUT2D eigenvalue weighted by Crippen LogP contribution is 2.37. The third-order valence-corrected chi connectivity index (χ3v) is 7.30. The van der Waals surface area contributed by atoms with Gasteiger partial charge in [-0.25, -0.2) is 4.98 Å². The molecule has 1 N–H and O–H groups in total. The van der Waals surface area contributed by atoms with E-state index in [1.165, 1.54) is 22.5 Å². The lowest BCUT2D eigenvalue weighted by molar-refractivity contribution is 0.0776. The van der Waals surface area contributed by atoms with Crippen molar-refractivity contribution < 1.29 is 9.84 Å². The highest BCUT2D eigenvalue weighted by molar-refractivity contribution is 7.23. The van der Waals surface area contributed by atoms with Gasteiger partial charge in [0.25, 0.3) is 0 Å². The number of aromatic nitrogens is 1. The molecule has 0 radical (unpaired) electrons. The highest BCUT2D eigenvalue weighted by Gasteiger charge is 2.19. The number of rotatable bonds is 8. The van der Waals surface area contributed by atoms with Crippen molar-refractivity contribution in [2.75, 3.05) is 0 Å². The zero-order valence-corrected chi connectivity index (χ0v) is 20.4. The van der Waals surface area contributed by atoms with Crippen molar-refractivity contribution >= 4 is 44.8 Å². The van der Waals surface area contributed by atoms with Crippen molar-refractivity contribution in [3.05, 3.63) is 92.4 Å². The Hall–Kier alpha value is -2.11. The Labute approximate surface area is 202 Å². The molecule has 4 aromatic rings. The van der Waals surface area contributed by atoms with Crippen molar-refractivity contribution in [3.8, 4) is 5.75 Å². The van der Waals surface area contributed by atoms with Crippen molar-refractivity contribution in [2.24, 2.45) is 0 Å². The summed E-state index contributed by atoms with van der Waals surface area (Å²) in [6.45, 7) is 4.03. The molecule has 0 spiro atoms. The summed E-state index contributed by atoms with van der Waals surface area (Å²) < 4.78 is 7.52. The highest BCUT2D eigenvalue weighted by atomic mass is 35.5. The fourth-order valence-corrected chi connectivity index (χ4v) is 5.22. The Balaban J connectivity index is 1.37. The van der Waals surface area contributed by atoms with E-state index in [1.807, 2.05) is 56.3 Å². The minimum atomic E-state index is -0.833. The Morgan fingerprint density at radius 2 is 1.81 bits per heavy atom. The van der Waals surface area contributed by atoms with Crippen LogP contribution in [0.3, 0.4) is 0 Å². The van der Waals surface area contributed by atoms with E-state index >= 15 is 0 Å². The third-order valence-electron chi connectivity index (χ3n) is 5.37. The molecular weight excluding hydrogens is 461 g/mol. The van der Waals surface area contributed by atoms with Crippen LogP contribution >= 0.6 is 34.5 Å². The summed E-state index contributed by atoms with van der Waals surface area (Å²) in [6, 6.07) is 20.2. The molecule has 0 amide bonds. The van der Waals surface area contributed by atoms with Gasteiger partial charge < -0.3 is 9.84 Å². The SMILES string of the molecule is CC(C)(O)c1ccccc1CCCc1cccc(OCc2ccc3sc(Cl)c(Cl)c3n2)c1. The molecule has 166 valence electrons. The van der Waals surface area contributed by atoms with E-state index in [9.17, 15) is 5.11 Å². The fourth-order valence-electron chi connectivity index (χ4n) is 3.81. The molecule has 0 fully saturated rings. The first kappa shape index (κ1) is 23.1. The maximum absolute atomic E-state index is 10.4. The molecule has 2 heterocycles. The molecule has 0 aliphatic heterocycles. The molecule has 0 aliphatic rings. The van der Waals surface area contributed by atoms with Crippen LogP contribution in [0.1, 0.15) is 42.7 Å². The number of aryl methyl sites for hydroxylation is 2. The molecule has 2 aromatic heterocycles. The Bertz CT molecular complexity index is 1230. The van der Waals surface area contributed by atoms with Gasteiger partial charge >= 0.3 is 0 Å². The maximum atomic E-state index is 10.4. The van der Waals surface area contributed by atoms with E-state index in [0.717, 1.165) is 46.5 Å². The van der Waals surface area contributed by atoms with Crippen LogP contribution in [0.25, 0.3) is 10.2 Å². The van der Waals surface area contributed by atoms with Gasteiger partial charge in [0, 0.05) is 0 Å². The van der Waals surface area contributed by atoms with Crippen molar-refractivity contribution in [2.45, 2.75) is 45.3 Å². The van der Waals surface area contributed by atoms with Gasteiger partial charge in [0.2, 0.25) is 0 Å². The molecule has 6 heteroatoms. The van der Waals surface area contributed by atoms with Crippen LogP contribution in [-0.4, -0.2) is 10.1 Å². The average Bonchev–Trinajstić information content (AvgIpc) is 3.05. The lowest BCUT2D eigenvalue weighted by atomic mass is 9.90. The summed E-state index contributed by atoms with van der Waals surface area (Å²) in [5.74, 6) is 0.815. The molecule has 2 aromatic carbocycles. The molecule has 32 heavy (non-hydrogen) atoms. The number of ether oxygens (including phenoxy) is 1. The van der Waals surface area contributed by atoms with Gasteiger partial charge in [-0.2, -0.15) is 0 Å². The van der Waals surface area contributed by atoms with Crippen molar-refractivity contribution in [1.82, 2.24) is 4.98 Å². The van der Waals surface area contributed by atoms with Crippen LogP contribution in [-0.2, 0) is 25.0 Å². The summed E-state index contributed by atoms with van der Waals surface area (Å²) in [5, 5.41) is 10.9. The van der Waals surface area contributed by atoms with Gasteiger partial charge in [-0.1, -0.05) is 59.6 Å². The number of thiophene rings is 1. The first-order chi connectivity index (χ1) is 15.3. The number of nitrogens with zero attached hydrogens (tertiary/aromatic N) is 1. The number of aliphatic hydroxyl groups is 1. The van der Waals surface area contributed by atoms with Gasteiger partial charge in [0.15, 0.2) is 0 Å². The molecule has 0 atom stereocenters. The van der Waals surface area contributed by atoms with Crippen LogP contribution in [0.5, 0.6) is 5.75 Å². The minimum Gasteiger partial charge on any atom is -0.487 e. The van der Waals surface area contributed by atoms with Gasteiger partial charge in [0.05, 0.1) is 21.0 Å². The van der Waals surface area contributed by atoms with Gasteiger partial charge in [-0.15, -0.1) is 11.3 Å². The second-order valence-electron chi connectivity index (χ2n) is 8.34. The number of hydrogen-bond donors (Lipinski definition) is 1. The zero-order chi connectivity index (χ0) is 22.7. The topological polar surface area (TPSA) is 42.4 Å². The summed E-state index contributed by atoms with van der Waals surface area (Å²) in [4.78, 5) is 4.59. The van der Waals surface area contributed by atoms with E-state index in [2.05, 4.69) is 23.2 Å². The van der Waals surface area contributed by atoms with Crippen molar-refractivity contribution in [3.63, 3.8) is 0 Å². The zero-order valence-electron chi connectivity index (χ0n) is 18.1. The summed E-state index contributed by atoms with van der Waals surface area (Å²) in [7, 11) is 0. The molecule has 0 saturated heterocycles. The Morgan fingerprint density at radius 3 is 2.62 bits per heavy atom. The van der Waals surface area contributed by atoms with E-state index in [4.69, 9.17) is 27.9 Å². The van der Waals surface area contributed by atoms with E-state index in [1.54, 1.807) is 0 Å². The van der Waals surface area contributed by atoms with Crippen LogP contribution in [0.4, 0.5) is 0 Å². The standard InChI is InChI=1S/C26H25Cl2NO2S/c1-26(2,30)21-12-4-3-9-18(21)10-5-7-17-8-6-11-20(15-17)31-16-19-13-14-22-24(29-19)23(27)25(28)32-22/h3-4,6,8-9,11-15,30H,5,7,10,16H2,1-2H3. The smallest absolute Gasteiger partial charge is 0.130 e. The number of fused-ring (bicyclic) bond motifs is 1. The fraction of sp³-hybridized carbons (Fsp3) is 0.269. The lowest BCUT2D eigenvalue weighted by Gasteiger charge is -2.21. The van der Waals surface area contributed by atoms with Crippen molar-refractivity contribution in [1.29, 1.82) is 0 Å². The normalized spacial score (nSPS) is 11.8. The van der Waals surface area contributed by atoms with Crippen LogP contribution in [0, 0.1) is 0 Å². The largest absolute Gasteiger partial charge is 0.487 e. The number of halogens is 2. The quantitative estimate of drug-likeness (QED) is 0.279. The number of benzene rings is 2. The number of pyridine rings is 1. The van der Waals surface area contributed by atoms with E-state index in [-0.39, 0.29) is 0 Å². The summed E-state index contributed by atoms with van der Waals surface area (Å²) in [6.07, 6.45) is 2.84. The van der Waals surface area contributed by atoms with Gasteiger partial charge in [0.1, 0.15) is 22.2 Å². The molecule has 0 bridgehead atoms. The second-order valence-corrected chi connectivity index (χ2v) is 10.4. The Morgan fingerprint density at radius 1 is 1.00 bits per heavy atom. The van der Waals surface area contributed by atoms with Gasteiger partial charge in [-0.3, -0.25) is 0 Å².